The number of unbranched alkanes of at least 4 members (excludes halogenated alkanes) is 1. The minimum atomic E-state index is -1.41. The summed E-state index contributed by atoms with van der Waals surface area (Å²) in [5, 5.41) is 39.3. The molecule has 0 aliphatic carbocycles. The van der Waals surface area contributed by atoms with Crippen LogP contribution in [-0.4, -0.2) is 82.2 Å². The van der Waals surface area contributed by atoms with E-state index in [2.05, 4.69) is 0 Å². The maximum absolute atomic E-state index is 14.3. The predicted octanol–water partition coefficient (Wildman–Crippen LogP) is 2.42. The molecule has 1 saturated heterocycles. The van der Waals surface area contributed by atoms with E-state index in [1.807, 2.05) is 0 Å². The maximum atomic E-state index is 14.3. The van der Waals surface area contributed by atoms with Crippen LogP contribution in [0.25, 0.3) is 11.1 Å². The summed E-state index contributed by atoms with van der Waals surface area (Å²) < 4.78 is 47.0. The summed E-state index contributed by atoms with van der Waals surface area (Å²) in [7, 11) is 0. The Bertz CT molecular complexity index is 882. The van der Waals surface area contributed by atoms with E-state index in [1.54, 1.807) is 29.2 Å². The Hall–Kier alpha value is -2.01. The molecule has 0 aromatic heterocycles. The summed E-state index contributed by atoms with van der Waals surface area (Å²) in [5.41, 5.74) is 1.70. The van der Waals surface area contributed by atoms with Crippen LogP contribution in [0.4, 0.5) is 13.2 Å². The summed E-state index contributed by atoms with van der Waals surface area (Å²) >= 11 is 0. The number of ether oxygens (including phenoxy) is 1. The van der Waals surface area contributed by atoms with E-state index >= 15 is 0 Å². The number of hydrogen-bond donors (Lipinski definition) is 4. The van der Waals surface area contributed by atoms with Crippen molar-refractivity contribution in [3.63, 3.8) is 0 Å². The molecular weight excluding hydrogens is 451 g/mol. The van der Waals surface area contributed by atoms with Crippen LogP contribution in [0.3, 0.4) is 0 Å². The highest BCUT2D eigenvalue weighted by atomic mass is 19.1. The van der Waals surface area contributed by atoms with Gasteiger partial charge in [0.1, 0.15) is 30.0 Å². The van der Waals surface area contributed by atoms with Crippen LogP contribution in [0.2, 0.25) is 0 Å². The Kier molecular flexibility index (Phi) is 9.87. The molecule has 0 amide bonds. The van der Waals surface area contributed by atoms with Gasteiger partial charge >= 0.3 is 0 Å². The summed E-state index contributed by atoms with van der Waals surface area (Å²) in [4.78, 5) is 1.74. The Morgan fingerprint density at radius 3 is 2.18 bits per heavy atom. The normalized spacial score (nSPS) is 24.7. The first-order valence-corrected chi connectivity index (χ1v) is 11.5. The van der Waals surface area contributed by atoms with E-state index in [1.165, 1.54) is 12.1 Å². The minimum Gasteiger partial charge on any atom is -0.389 e. The molecule has 0 saturated carbocycles. The molecule has 2 aromatic carbocycles. The van der Waals surface area contributed by atoms with Gasteiger partial charge in [-0.25, -0.2) is 13.2 Å². The van der Waals surface area contributed by atoms with Crippen LogP contribution in [-0.2, 0) is 11.3 Å². The zero-order chi connectivity index (χ0) is 24.7. The molecule has 34 heavy (non-hydrogen) atoms. The Labute approximate surface area is 197 Å². The van der Waals surface area contributed by atoms with Gasteiger partial charge in [0.15, 0.2) is 0 Å². The molecule has 1 aliphatic rings. The maximum Gasteiger partial charge on any atom is 0.126 e. The third kappa shape index (κ3) is 7.49. The molecule has 0 radical (unpaired) electrons. The van der Waals surface area contributed by atoms with Gasteiger partial charge in [-0.2, -0.15) is 0 Å². The van der Waals surface area contributed by atoms with Crippen molar-refractivity contribution in [1.82, 2.24) is 4.90 Å². The quantitative estimate of drug-likeness (QED) is 0.388. The first-order valence-electron chi connectivity index (χ1n) is 11.5. The van der Waals surface area contributed by atoms with Crippen LogP contribution in [0.15, 0.2) is 42.5 Å². The zero-order valence-corrected chi connectivity index (χ0v) is 18.9. The third-order valence-corrected chi connectivity index (χ3v) is 6.02. The number of halogens is 3. The summed E-state index contributed by atoms with van der Waals surface area (Å²) in [6.45, 7) is 0.700. The van der Waals surface area contributed by atoms with Crippen molar-refractivity contribution in [3.8, 4) is 11.1 Å². The SMILES string of the molecule is O[C@H]1[C@H](O)[C@@H](O)CN(CCCCC(F)COCc2ccccc2-c2cc(F)cc(F)c2)C[C@@H]1O. The largest absolute Gasteiger partial charge is 0.389 e. The van der Waals surface area contributed by atoms with Gasteiger partial charge in [0.25, 0.3) is 0 Å². The fraction of sp³-hybridized carbons (Fsp3) is 0.520. The highest BCUT2D eigenvalue weighted by molar-refractivity contribution is 5.67. The van der Waals surface area contributed by atoms with Crippen LogP contribution < -0.4 is 0 Å². The average molecular weight is 484 g/mol. The molecule has 1 heterocycles. The average Bonchev–Trinajstić information content (AvgIpc) is 2.88. The van der Waals surface area contributed by atoms with Gasteiger partial charge in [-0.1, -0.05) is 24.3 Å². The number of rotatable bonds is 10. The Balaban J connectivity index is 1.41. The van der Waals surface area contributed by atoms with Crippen LogP contribution in [0.5, 0.6) is 0 Å². The van der Waals surface area contributed by atoms with Crippen molar-refractivity contribution in [3.05, 3.63) is 59.7 Å². The van der Waals surface area contributed by atoms with E-state index in [9.17, 15) is 33.6 Å². The highest BCUT2D eigenvalue weighted by Crippen LogP contribution is 2.26. The number of β-amino-alcohol motifs (C(OH)–C–C–N with tert-alkyl or cyclic N) is 2. The number of aliphatic hydroxyl groups is 4. The van der Waals surface area contributed by atoms with Gasteiger partial charge < -0.3 is 25.2 Å². The van der Waals surface area contributed by atoms with Crippen molar-refractivity contribution in [2.75, 3.05) is 26.2 Å². The van der Waals surface area contributed by atoms with Crippen LogP contribution in [0, 0.1) is 11.6 Å². The number of aliphatic hydroxyl groups excluding tert-OH is 4. The lowest BCUT2D eigenvalue weighted by Gasteiger charge is -2.23. The highest BCUT2D eigenvalue weighted by Gasteiger charge is 2.35. The molecule has 1 fully saturated rings. The number of hydrogen-bond acceptors (Lipinski definition) is 6. The fourth-order valence-corrected chi connectivity index (χ4v) is 4.18. The predicted molar refractivity (Wildman–Crippen MR) is 121 cm³/mol. The molecule has 4 N–H and O–H groups in total. The monoisotopic (exact) mass is 483 g/mol. The number of benzene rings is 2. The van der Waals surface area contributed by atoms with Gasteiger partial charge in [-0.15, -0.1) is 0 Å². The minimum absolute atomic E-state index is 0.100. The molecule has 6 nitrogen and oxygen atoms in total. The van der Waals surface area contributed by atoms with E-state index in [-0.39, 0.29) is 32.7 Å². The molecule has 0 spiro atoms. The van der Waals surface area contributed by atoms with Crippen molar-refractivity contribution in [1.29, 1.82) is 0 Å². The van der Waals surface area contributed by atoms with Crippen molar-refractivity contribution in [2.24, 2.45) is 0 Å². The molecular formula is C25H32F3NO5. The summed E-state index contributed by atoms with van der Waals surface area (Å²) in [6.07, 6.45) is -4.90. The molecule has 5 atom stereocenters. The molecule has 0 bridgehead atoms. The molecule has 3 rings (SSSR count). The standard InChI is InChI=1S/C25H32F3NO5/c26-18(6-3-4-8-29-12-22(30)24(32)25(33)23(31)13-29)15-34-14-16-5-1-2-7-21(16)17-9-19(27)11-20(28)10-17/h1-2,5,7,9-11,18,22-25,30-33H,3-4,6,8,12-15H2/t18?,22-,23-,24+,25+/m0/s1. The van der Waals surface area contributed by atoms with Crippen LogP contribution >= 0.6 is 0 Å². The number of nitrogens with zero attached hydrogens (tertiary/aromatic N) is 1. The van der Waals surface area contributed by atoms with E-state index in [0.29, 0.717) is 36.1 Å². The lowest BCUT2D eigenvalue weighted by Crippen LogP contribution is -2.43. The molecule has 1 unspecified atom stereocenters. The van der Waals surface area contributed by atoms with Crippen molar-refractivity contribution >= 4 is 0 Å². The van der Waals surface area contributed by atoms with Gasteiger partial charge in [-0.05, 0) is 54.6 Å². The summed E-state index contributed by atoms with van der Waals surface area (Å²) in [6, 6.07) is 10.3. The van der Waals surface area contributed by atoms with Crippen LogP contribution in [0.1, 0.15) is 24.8 Å². The van der Waals surface area contributed by atoms with Gasteiger partial charge in [0.2, 0.25) is 0 Å². The van der Waals surface area contributed by atoms with Gasteiger partial charge in [0.05, 0.1) is 25.4 Å². The second-order valence-electron chi connectivity index (χ2n) is 8.80. The van der Waals surface area contributed by atoms with Gasteiger partial charge in [0, 0.05) is 19.2 Å². The zero-order valence-electron chi connectivity index (χ0n) is 18.9. The smallest absolute Gasteiger partial charge is 0.126 e. The number of alkyl halides is 1. The van der Waals surface area contributed by atoms with Crippen molar-refractivity contribution in [2.45, 2.75) is 56.5 Å². The molecule has 188 valence electrons. The first kappa shape index (κ1) is 26.6. The van der Waals surface area contributed by atoms with E-state index in [0.717, 1.165) is 6.07 Å². The topological polar surface area (TPSA) is 93.4 Å². The van der Waals surface area contributed by atoms with E-state index < -0.39 is 42.2 Å². The lowest BCUT2D eigenvalue weighted by atomic mass is 10.00. The second-order valence-corrected chi connectivity index (χ2v) is 8.80. The van der Waals surface area contributed by atoms with Gasteiger partial charge in [-0.3, -0.25) is 4.90 Å². The third-order valence-electron chi connectivity index (χ3n) is 6.02. The Morgan fingerprint density at radius 2 is 1.53 bits per heavy atom. The van der Waals surface area contributed by atoms with E-state index in [4.69, 9.17) is 4.74 Å². The molecule has 2 aromatic rings. The first-order chi connectivity index (χ1) is 16.2. The summed E-state index contributed by atoms with van der Waals surface area (Å²) in [5.74, 6) is -1.35. The molecule has 9 heteroatoms. The lowest BCUT2D eigenvalue weighted by molar-refractivity contribution is -0.0894. The second kappa shape index (κ2) is 12.6. The molecule has 1 aliphatic heterocycles. The number of likely N-dealkylation sites (tertiary alicyclic amines) is 1. The van der Waals surface area contributed by atoms with Crippen molar-refractivity contribution < 1.29 is 38.3 Å². The Morgan fingerprint density at radius 1 is 0.912 bits per heavy atom. The fourth-order valence-electron chi connectivity index (χ4n) is 4.18.